The number of nitrogen functional groups attached to an aromatic ring is 1. The van der Waals surface area contributed by atoms with Crippen molar-refractivity contribution in [2.45, 2.75) is 25.8 Å². The van der Waals surface area contributed by atoms with E-state index in [2.05, 4.69) is 15.2 Å². The zero-order chi connectivity index (χ0) is 13.8. The standard InChI is InChI=1S/C13H20N4O2/c1-9(8-17-4-2-3-5-17)16-12-11(13(18)19)6-10(14)7-15-12/h6-7,9H,2-5,8,14H2,1H3,(H,15,16)(H,18,19). The third kappa shape index (κ3) is 3.57. The summed E-state index contributed by atoms with van der Waals surface area (Å²) in [6.45, 7) is 5.16. The number of hydrogen-bond acceptors (Lipinski definition) is 5. The lowest BCUT2D eigenvalue weighted by Gasteiger charge is -2.22. The van der Waals surface area contributed by atoms with E-state index >= 15 is 0 Å². The van der Waals surface area contributed by atoms with Crippen molar-refractivity contribution < 1.29 is 9.90 Å². The number of nitrogens with two attached hydrogens (primary N) is 1. The summed E-state index contributed by atoms with van der Waals surface area (Å²) in [6.07, 6.45) is 3.96. The van der Waals surface area contributed by atoms with Gasteiger partial charge in [-0.15, -0.1) is 0 Å². The molecule has 0 radical (unpaired) electrons. The predicted octanol–water partition coefficient (Wildman–Crippen LogP) is 1.26. The molecule has 104 valence electrons. The molecule has 0 spiro atoms. The quantitative estimate of drug-likeness (QED) is 0.741. The van der Waals surface area contributed by atoms with Crippen molar-refractivity contribution >= 4 is 17.5 Å². The van der Waals surface area contributed by atoms with E-state index in [0.29, 0.717) is 11.5 Å². The van der Waals surface area contributed by atoms with Gasteiger partial charge in [-0.1, -0.05) is 0 Å². The van der Waals surface area contributed by atoms with Crippen molar-refractivity contribution in [2.24, 2.45) is 0 Å². The molecule has 19 heavy (non-hydrogen) atoms. The largest absolute Gasteiger partial charge is 0.478 e. The van der Waals surface area contributed by atoms with Gasteiger partial charge in [0.05, 0.1) is 11.9 Å². The van der Waals surface area contributed by atoms with Gasteiger partial charge in [-0.3, -0.25) is 0 Å². The zero-order valence-corrected chi connectivity index (χ0v) is 11.1. The summed E-state index contributed by atoms with van der Waals surface area (Å²) in [5, 5.41) is 12.3. The van der Waals surface area contributed by atoms with Crippen molar-refractivity contribution in [3.8, 4) is 0 Å². The number of nitrogens with zero attached hydrogens (tertiary/aromatic N) is 2. The van der Waals surface area contributed by atoms with Gasteiger partial charge in [-0.05, 0) is 38.9 Å². The minimum atomic E-state index is -1.02. The van der Waals surface area contributed by atoms with Crippen LogP contribution in [-0.4, -0.2) is 46.6 Å². The number of aromatic nitrogens is 1. The topological polar surface area (TPSA) is 91.5 Å². The molecular weight excluding hydrogens is 244 g/mol. The van der Waals surface area contributed by atoms with Gasteiger partial charge in [-0.25, -0.2) is 9.78 Å². The van der Waals surface area contributed by atoms with E-state index in [4.69, 9.17) is 10.8 Å². The highest BCUT2D eigenvalue weighted by Gasteiger charge is 2.17. The normalized spacial score (nSPS) is 17.3. The van der Waals surface area contributed by atoms with E-state index in [0.717, 1.165) is 19.6 Å². The van der Waals surface area contributed by atoms with Crippen molar-refractivity contribution in [1.82, 2.24) is 9.88 Å². The van der Waals surface area contributed by atoms with Crippen LogP contribution in [-0.2, 0) is 0 Å². The van der Waals surface area contributed by atoms with Gasteiger partial charge in [0.2, 0.25) is 0 Å². The van der Waals surface area contributed by atoms with Crippen LogP contribution < -0.4 is 11.1 Å². The van der Waals surface area contributed by atoms with Gasteiger partial charge in [0, 0.05) is 12.6 Å². The van der Waals surface area contributed by atoms with E-state index in [1.54, 1.807) is 0 Å². The maximum Gasteiger partial charge on any atom is 0.339 e. The van der Waals surface area contributed by atoms with Gasteiger partial charge >= 0.3 is 5.97 Å². The molecule has 1 unspecified atom stereocenters. The molecule has 1 aromatic rings. The van der Waals surface area contributed by atoms with E-state index in [1.807, 2.05) is 6.92 Å². The number of pyridine rings is 1. The van der Waals surface area contributed by atoms with Crippen LogP contribution in [0.15, 0.2) is 12.3 Å². The molecule has 0 aliphatic carbocycles. The Hall–Kier alpha value is -1.82. The summed E-state index contributed by atoms with van der Waals surface area (Å²) < 4.78 is 0. The molecule has 0 bridgehead atoms. The molecule has 1 fully saturated rings. The summed E-state index contributed by atoms with van der Waals surface area (Å²) in [5.74, 6) is -0.635. The van der Waals surface area contributed by atoms with E-state index in [-0.39, 0.29) is 11.6 Å². The Morgan fingerprint density at radius 1 is 1.58 bits per heavy atom. The number of rotatable bonds is 5. The highest BCUT2D eigenvalue weighted by atomic mass is 16.4. The Morgan fingerprint density at radius 3 is 2.89 bits per heavy atom. The van der Waals surface area contributed by atoms with Crippen LogP contribution in [0.1, 0.15) is 30.1 Å². The average Bonchev–Trinajstić information content (AvgIpc) is 2.83. The summed E-state index contributed by atoms with van der Waals surface area (Å²) in [6, 6.07) is 1.58. The minimum absolute atomic E-state index is 0.119. The Bertz CT molecular complexity index is 458. The average molecular weight is 264 g/mol. The molecule has 1 aromatic heterocycles. The minimum Gasteiger partial charge on any atom is -0.478 e. The van der Waals surface area contributed by atoms with Gasteiger partial charge in [-0.2, -0.15) is 0 Å². The predicted molar refractivity (Wildman–Crippen MR) is 74.4 cm³/mol. The molecule has 4 N–H and O–H groups in total. The lowest BCUT2D eigenvalue weighted by Crippen LogP contribution is -2.33. The number of carboxylic acid groups (broad SMARTS) is 1. The number of carbonyl (C=O) groups is 1. The van der Waals surface area contributed by atoms with Crippen LogP contribution in [0.4, 0.5) is 11.5 Å². The fourth-order valence-corrected chi connectivity index (χ4v) is 2.39. The number of likely N-dealkylation sites (tertiary alicyclic amines) is 1. The molecular formula is C13H20N4O2. The summed E-state index contributed by atoms with van der Waals surface area (Å²) >= 11 is 0. The van der Waals surface area contributed by atoms with Crippen LogP contribution in [0.5, 0.6) is 0 Å². The van der Waals surface area contributed by atoms with Crippen molar-refractivity contribution in [3.63, 3.8) is 0 Å². The fraction of sp³-hybridized carbons (Fsp3) is 0.538. The van der Waals surface area contributed by atoms with Crippen LogP contribution in [0.25, 0.3) is 0 Å². The molecule has 1 saturated heterocycles. The van der Waals surface area contributed by atoms with Crippen molar-refractivity contribution in [2.75, 3.05) is 30.7 Å². The number of nitrogens with one attached hydrogen (secondary N) is 1. The molecule has 1 atom stereocenters. The number of carboxylic acids is 1. The first kappa shape index (κ1) is 13.6. The molecule has 0 amide bonds. The first-order valence-electron chi connectivity index (χ1n) is 6.54. The molecule has 2 heterocycles. The van der Waals surface area contributed by atoms with Crippen molar-refractivity contribution in [3.05, 3.63) is 17.8 Å². The second-order valence-corrected chi connectivity index (χ2v) is 5.02. The summed E-state index contributed by atoms with van der Waals surface area (Å²) in [7, 11) is 0. The zero-order valence-electron chi connectivity index (χ0n) is 11.1. The maximum atomic E-state index is 11.2. The van der Waals surface area contributed by atoms with Crippen LogP contribution in [0, 0.1) is 0 Å². The Labute approximate surface area is 112 Å². The number of hydrogen-bond donors (Lipinski definition) is 3. The molecule has 1 aliphatic heterocycles. The SMILES string of the molecule is CC(CN1CCCC1)Nc1ncc(N)cc1C(=O)O. The molecule has 1 aliphatic rings. The second kappa shape index (κ2) is 5.88. The third-order valence-electron chi connectivity index (χ3n) is 3.25. The summed E-state index contributed by atoms with van der Waals surface area (Å²) in [4.78, 5) is 17.6. The monoisotopic (exact) mass is 264 g/mol. The van der Waals surface area contributed by atoms with Gasteiger partial charge < -0.3 is 21.1 Å². The second-order valence-electron chi connectivity index (χ2n) is 5.02. The van der Waals surface area contributed by atoms with Crippen molar-refractivity contribution in [1.29, 1.82) is 0 Å². The molecule has 6 heteroatoms. The van der Waals surface area contributed by atoms with E-state index < -0.39 is 5.97 Å². The first-order chi connectivity index (χ1) is 9.06. The molecule has 6 nitrogen and oxygen atoms in total. The van der Waals surface area contributed by atoms with Gasteiger partial charge in [0.1, 0.15) is 11.4 Å². The van der Waals surface area contributed by atoms with Crippen LogP contribution >= 0.6 is 0 Å². The lowest BCUT2D eigenvalue weighted by atomic mass is 10.2. The van der Waals surface area contributed by atoms with E-state index in [9.17, 15) is 4.79 Å². The highest BCUT2D eigenvalue weighted by molar-refractivity contribution is 5.94. The Balaban J connectivity index is 2.03. The van der Waals surface area contributed by atoms with Crippen LogP contribution in [0.2, 0.25) is 0 Å². The number of aromatic carboxylic acids is 1. The smallest absolute Gasteiger partial charge is 0.339 e. The molecule has 0 aromatic carbocycles. The molecule has 0 saturated carbocycles. The maximum absolute atomic E-state index is 11.2. The first-order valence-corrected chi connectivity index (χ1v) is 6.54. The summed E-state index contributed by atoms with van der Waals surface area (Å²) in [5.41, 5.74) is 6.04. The van der Waals surface area contributed by atoms with Gasteiger partial charge in [0.25, 0.3) is 0 Å². The number of anilines is 2. The fourth-order valence-electron chi connectivity index (χ4n) is 2.39. The molecule has 2 rings (SSSR count). The Morgan fingerprint density at radius 2 is 2.26 bits per heavy atom. The Kier molecular flexibility index (Phi) is 4.21. The lowest BCUT2D eigenvalue weighted by molar-refractivity contribution is 0.0697. The van der Waals surface area contributed by atoms with Gasteiger partial charge in [0.15, 0.2) is 0 Å². The van der Waals surface area contributed by atoms with E-state index in [1.165, 1.54) is 25.1 Å². The highest BCUT2D eigenvalue weighted by Crippen LogP contribution is 2.17. The van der Waals surface area contributed by atoms with Crippen LogP contribution in [0.3, 0.4) is 0 Å². The third-order valence-corrected chi connectivity index (χ3v) is 3.25.